The summed E-state index contributed by atoms with van der Waals surface area (Å²) in [6.45, 7) is 6.63. The molecule has 1 aliphatic heterocycles. The molecule has 1 fully saturated rings. The summed E-state index contributed by atoms with van der Waals surface area (Å²) in [4.78, 5) is 26.3. The van der Waals surface area contributed by atoms with Crippen LogP contribution < -0.4 is 10.2 Å². The third kappa shape index (κ3) is 4.42. The Morgan fingerprint density at radius 2 is 1.83 bits per heavy atom. The van der Waals surface area contributed by atoms with Crippen molar-refractivity contribution in [3.05, 3.63) is 52.7 Å². The third-order valence-corrected chi connectivity index (χ3v) is 6.96. The van der Waals surface area contributed by atoms with E-state index in [1.54, 1.807) is 17.7 Å². The molecule has 0 radical (unpaired) electrons. The summed E-state index contributed by atoms with van der Waals surface area (Å²) in [5.41, 5.74) is 2.48. The van der Waals surface area contributed by atoms with Crippen molar-refractivity contribution in [1.29, 1.82) is 0 Å². The van der Waals surface area contributed by atoms with E-state index in [1.807, 2.05) is 0 Å². The average Bonchev–Trinajstić information content (AvgIpc) is 3.21. The molecule has 29 heavy (non-hydrogen) atoms. The van der Waals surface area contributed by atoms with E-state index in [0.29, 0.717) is 6.54 Å². The molecule has 0 unspecified atom stereocenters. The summed E-state index contributed by atoms with van der Waals surface area (Å²) in [5.74, 6) is 1.26. The Kier molecular flexibility index (Phi) is 6.09. The quantitative estimate of drug-likeness (QED) is 0.659. The first-order chi connectivity index (χ1) is 14.2. The van der Waals surface area contributed by atoms with Gasteiger partial charge < -0.3 is 10.2 Å². The van der Waals surface area contributed by atoms with Gasteiger partial charge in [-0.1, -0.05) is 38.1 Å². The number of rotatable bonds is 6. The molecule has 1 aliphatic rings. The van der Waals surface area contributed by atoms with Crippen LogP contribution in [-0.4, -0.2) is 29.0 Å². The van der Waals surface area contributed by atoms with Gasteiger partial charge in [-0.15, -0.1) is 11.3 Å². The Balaban J connectivity index is 1.34. The minimum absolute atomic E-state index is 0.0761. The highest BCUT2D eigenvalue weighted by atomic mass is 32.1. The van der Waals surface area contributed by atoms with E-state index in [4.69, 9.17) is 0 Å². The number of carbonyl (C=O) groups excluding carboxylic acids is 1. The lowest BCUT2D eigenvalue weighted by molar-refractivity contribution is -0.125. The summed E-state index contributed by atoms with van der Waals surface area (Å²) < 4.78 is 0. The van der Waals surface area contributed by atoms with E-state index in [1.165, 1.54) is 10.4 Å². The maximum atomic E-state index is 12.6. The normalized spacial score (nSPS) is 15.0. The number of hydrogen-bond acceptors (Lipinski definition) is 5. The smallest absolute Gasteiger partial charge is 0.223 e. The highest BCUT2D eigenvalue weighted by Crippen LogP contribution is 2.32. The Labute approximate surface area is 176 Å². The lowest BCUT2D eigenvalue weighted by Gasteiger charge is -2.32. The van der Waals surface area contributed by atoms with Gasteiger partial charge in [-0.05, 0) is 42.9 Å². The van der Waals surface area contributed by atoms with Crippen molar-refractivity contribution >= 4 is 33.3 Å². The van der Waals surface area contributed by atoms with Crippen molar-refractivity contribution < 1.29 is 4.79 Å². The fourth-order valence-corrected chi connectivity index (χ4v) is 4.83. The number of amides is 1. The van der Waals surface area contributed by atoms with Crippen molar-refractivity contribution in [3.8, 4) is 0 Å². The van der Waals surface area contributed by atoms with Crippen LogP contribution in [0.2, 0.25) is 0 Å². The first-order valence-corrected chi connectivity index (χ1v) is 11.3. The van der Waals surface area contributed by atoms with E-state index in [2.05, 4.69) is 64.4 Å². The molecule has 152 valence electrons. The topological polar surface area (TPSA) is 58.1 Å². The fraction of sp³-hybridized carbons (Fsp3) is 0.435. The van der Waals surface area contributed by atoms with Gasteiger partial charge in [-0.2, -0.15) is 0 Å². The molecule has 1 amide bonds. The van der Waals surface area contributed by atoms with Gasteiger partial charge in [0.2, 0.25) is 5.91 Å². The Morgan fingerprint density at radius 3 is 2.52 bits per heavy atom. The largest absolute Gasteiger partial charge is 0.356 e. The standard InChI is InChI=1S/C23H28N4OS/c1-3-16-5-7-17(8-6-16)14-24-22(28)18-9-11-27(12-10-18)21-20-13-19(4-2)29-23(20)26-15-25-21/h5-8,13,15,18H,3-4,9-12,14H2,1-2H3,(H,24,28). The van der Waals surface area contributed by atoms with Crippen LogP contribution in [-0.2, 0) is 24.2 Å². The number of hydrogen-bond donors (Lipinski definition) is 1. The second-order valence-corrected chi connectivity index (χ2v) is 8.75. The van der Waals surface area contributed by atoms with Gasteiger partial charge >= 0.3 is 0 Å². The van der Waals surface area contributed by atoms with Crippen molar-refractivity contribution in [1.82, 2.24) is 15.3 Å². The van der Waals surface area contributed by atoms with Gasteiger partial charge in [0.25, 0.3) is 0 Å². The van der Waals surface area contributed by atoms with E-state index < -0.39 is 0 Å². The zero-order chi connectivity index (χ0) is 20.2. The van der Waals surface area contributed by atoms with Crippen LogP contribution in [0, 0.1) is 5.92 Å². The van der Waals surface area contributed by atoms with Crippen LogP contribution in [0.15, 0.2) is 36.7 Å². The lowest BCUT2D eigenvalue weighted by atomic mass is 9.95. The zero-order valence-corrected chi connectivity index (χ0v) is 18.0. The molecule has 6 heteroatoms. The molecule has 0 saturated carbocycles. The predicted molar refractivity (Wildman–Crippen MR) is 119 cm³/mol. The van der Waals surface area contributed by atoms with Gasteiger partial charge in [0, 0.05) is 30.4 Å². The fourth-order valence-electron chi connectivity index (χ4n) is 3.90. The summed E-state index contributed by atoms with van der Waals surface area (Å²) in [7, 11) is 0. The van der Waals surface area contributed by atoms with Gasteiger partial charge in [0.05, 0.1) is 5.39 Å². The minimum atomic E-state index is 0.0761. The molecule has 3 aromatic rings. The van der Waals surface area contributed by atoms with E-state index in [-0.39, 0.29) is 11.8 Å². The summed E-state index contributed by atoms with van der Waals surface area (Å²) in [6, 6.07) is 10.7. The molecule has 4 rings (SSSR count). The molecular formula is C23H28N4OS. The minimum Gasteiger partial charge on any atom is -0.356 e. The summed E-state index contributed by atoms with van der Waals surface area (Å²) in [6.07, 6.45) is 5.43. The van der Waals surface area contributed by atoms with E-state index in [0.717, 1.165) is 60.4 Å². The first-order valence-electron chi connectivity index (χ1n) is 10.5. The second kappa shape index (κ2) is 8.91. The van der Waals surface area contributed by atoms with E-state index in [9.17, 15) is 4.79 Å². The number of benzene rings is 1. The maximum Gasteiger partial charge on any atom is 0.223 e. The molecule has 0 bridgehead atoms. The molecular weight excluding hydrogens is 380 g/mol. The number of thiophene rings is 1. The van der Waals surface area contributed by atoms with E-state index >= 15 is 0 Å². The Hall–Kier alpha value is -2.47. The van der Waals surface area contributed by atoms with Crippen LogP contribution in [0.25, 0.3) is 10.2 Å². The van der Waals surface area contributed by atoms with Gasteiger partial charge in [0.1, 0.15) is 17.0 Å². The maximum absolute atomic E-state index is 12.6. The molecule has 0 spiro atoms. The molecule has 5 nitrogen and oxygen atoms in total. The lowest BCUT2D eigenvalue weighted by Crippen LogP contribution is -2.40. The molecule has 1 saturated heterocycles. The molecule has 3 heterocycles. The first kappa shape index (κ1) is 19.8. The number of nitrogens with zero attached hydrogens (tertiary/aromatic N) is 3. The van der Waals surface area contributed by atoms with Gasteiger partial charge in [-0.3, -0.25) is 4.79 Å². The van der Waals surface area contributed by atoms with Gasteiger partial charge in [0.15, 0.2) is 0 Å². The number of fused-ring (bicyclic) bond motifs is 1. The van der Waals surface area contributed by atoms with Crippen LogP contribution in [0.3, 0.4) is 0 Å². The second-order valence-electron chi connectivity index (χ2n) is 7.63. The number of carbonyl (C=O) groups is 1. The molecule has 1 aromatic carbocycles. The number of nitrogens with one attached hydrogen (secondary N) is 1. The van der Waals surface area contributed by atoms with Crippen LogP contribution in [0.5, 0.6) is 0 Å². The summed E-state index contributed by atoms with van der Waals surface area (Å²) in [5, 5.41) is 4.27. The van der Waals surface area contributed by atoms with Gasteiger partial charge in [-0.25, -0.2) is 9.97 Å². The highest BCUT2D eigenvalue weighted by Gasteiger charge is 2.26. The summed E-state index contributed by atoms with van der Waals surface area (Å²) >= 11 is 1.75. The SMILES string of the molecule is CCc1ccc(CNC(=O)C2CCN(c3ncnc4sc(CC)cc34)CC2)cc1. The van der Waals surface area contributed by atoms with Crippen LogP contribution in [0.1, 0.15) is 42.7 Å². The molecule has 0 atom stereocenters. The molecule has 2 aromatic heterocycles. The van der Waals surface area contributed by atoms with Crippen molar-refractivity contribution in [2.45, 2.75) is 46.1 Å². The van der Waals surface area contributed by atoms with Crippen LogP contribution in [0.4, 0.5) is 5.82 Å². The number of aryl methyl sites for hydroxylation is 2. The third-order valence-electron chi connectivity index (χ3n) is 5.77. The van der Waals surface area contributed by atoms with Crippen molar-refractivity contribution in [3.63, 3.8) is 0 Å². The van der Waals surface area contributed by atoms with Crippen molar-refractivity contribution in [2.75, 3.05) is 18.0 Å². The average molecular weight is 409 g/mol. The van der Waals surface area contributed by atoms with Crippen molar-refractivity contribution in [2.24, 2.45) is 5.92 Å². The number of anilines is 1. The Bertz CT molecular complexity index is 974. The number of piperidine rings is 1. The predicted octanol–water partition coefficient (Wildman–Crippen LogP) is 4.35. The highest BCUT2D eigenvalue weighted by molar-refractivity contribution is 7.18. The molecule has 1 N–H and O–H groups in total. The zero-order valence-electron chi connectivity index (χ0n) is 17.1. The monoisotopic (exact) mass is 408 g/mol. The van der Waals surface area contributed by atoms with Crippen LogP contribution >= 0.6 is 11.3 Å². The molecule has 0 aliphatic carbocycles. The Morgan fingerprint density at radius 1 is 1.10 bits per heavy atom. The number of aromatic nitrogens is 2.